The van der Waals surface area contributed by atoms with Crippen LogP contribution in [0.1, 0.15) is 49.2 Å². The zero-order valence-corrected chi connectivity index (χ0v) is 11.4. The highest BCUT2D eigenvalue weighted by molar-refractivity contribution is 5.92. The van der Waals surface area contributed by atoms with Gasteiger partial charge in [0.25, 0.3) is 5.91 Å². The van der Waals surface area contributed by atoms with E-state index in [-0.39, 0.29) is 11.9 Å². The fraction of sp³-hybridized carbons (Fsp3) is 0.533. The molecule has 0 spiro atoms. The summed E-state index contributed by atoms with van der Waals surface area (Å²) in [5.41, 5.74) is 0.848. The number of aromatic nitrogens is 1. The van der Waals surface area contributed by atoms with E-state index < -0.39 is 0 Å². The molecule has 1 aliphatic carbocycles. The third-order valence-electron chi connectivity index (χ3n) is 3.64. The van der Waals surface area contributed by atoms with Gasteiger partial charge < -0.3 is 5.32 Å². The summed E-state index contributed by atoms with van der Waals surface area (Å²) in [7, 11) is 0. The molecule has 19 heavy (non-hydrogen) atoms. The monoisotopic (exact) mass is 257 g/mol. The summed E-state index contributed by atoms with van der Waals surface area (Å²) in [6.45, 7) is 4.46. The van der Waals surface area contributed by atoms with Crippen molar-refractivity contribution in [3.63, 3.8) is 0 Å². The second-order valence-electron chi connectivity index (χ2n) is 5.63. The number of carbonyl (C=O) groups is 1. The number of nitriles is 1. The number of rotatable bonds is 2. The van der Waals surface area contributed by atoms with Crippen LogP contribution in [-0.4, -0.2) is 16.9 Å². The molecule has 2 unspecified atom stereocenters. The number of amides is 1. The molecule has 2 rings (SSSR count). The Labute approximate surface area is 113 Å². The molecule has 1 fully saturated rings. The van der Waals surface area contributed by atoms with E-state index in [9.17, 15) is 4.79 Å². The van der Waals surface area contributed by atoms with E-state index in [0.717, 1.165) is 12.8 Å². The predicted molar refractivity (Wildman–Crippen MR) is 72.4 cm³/mol. The average molecular weight is 257 g/mol. The molecule has 0 saturated heterocycles. The van der Waals surface area contributed by atoms with Crippen LogP contribution >= 0.6 is 0 Å². The maximum absolute atomic E-state index is 12.1. The third kappa shape index (κ3) is 3.54. The molecule has 0 aliphatic heterocycles. The van der Waals surface area contributed by atoms with Gasteiger partial charge in [-0.15, -0.1) is 0 Å². The first-order valence-electron chi connectivity index (χ1n) is 6.75. The van der Waals surface area contributed by atoms with E-state index in [0.29, 0.717) is 23.1 Å². The van der Waals surface area contributed by atoms with Crippen molar-refractivity contribution in [1.82, 2.24) is 10.3 Å². The minimum atomic E-state index is -0.143. The molecule has 100 valence electrons. The molecule has 4 heteroatoms. The summed E-state index contributed by atoms with van der Waals surface area (Å²) in [6, 6.07) is 5.45. The average Bonchev–Trinajstić information content (AvgIpc) is 2.37. The highest BCUT2D eigenvalue weighted by Crippen LogP contribution is 2.28. The molecule has 0 aromatic carbocycles. The van der Waals surface area contributed by atoms with Gasteiger partial charge in [0, 0.05) is 12.2 Å². The number of hydrogen-bond acceptors (Lipinski definition) is 3. The van der Waals surface area contributed by atoms with Crippen LogP contribution < -0.4 is 5.32 Å². The van der Waals surface area contributed by atoms with Crippen LogP contribution in [0.15, 0.2) is 18.3 Å². The second kappa shape index (κ2) is 5.83. The summed E-state index contributed by atoms with van der Waals surface area (Å²) in [4.78, 5) is 16.1. The van der Waals surface area contributed by atoms with Crippen molar-refractivity contribution in [1.29, 1.82) is 5.26 Å². The smallest absolute Gasteiger partial charge is 0.270 e. The number of pyridine rings is 1. The third-order valence-corrected chi connectivity index (χ3v) is 3.64. The van der Waals surface area contributed by atoms with Gasteiger partial charge in [0.05, 0.1) is 5.56 Å². The molecule has 0 radical (unpaired) electrons. The lowest BCUT2D eigenvalue weighted by atomic mass is 9.80. The number of nitrogens with zero attached hydrogens (tertiary/aromatic N) is 2. The molecule has 2 atom stereocenters. The van der Waals surface area contributed by atoms with Crippen LogP contribution in [0.3, 0.4) is 0 Å². The summed E-state index contributed by atoms with van der Waals surface area (Å²) >= 11 is 0. The van der Waals surface area contributed by atoms with Crippen molar-refractivity contribution in [3.8, 4) is 6.07 Å². The van der Waals surface area contributed by atoms with E-state index in [1.165, 1.54) is 12.6 Å². The molecule has 1 saturated carbocycles. The zero-order valence-electron chi connectivity index (χ0n) is 11.4. The SMILES string of the molecule is CC1CC(C)CC(NC(=O)c2ccc(C#N)cn2)C1. The highest BCUT2D eigenvalue weighted by atomic mass is 16.1. The summed E-state index contributed by atoms with van der Waals surface area (Å²) in [5, 5.41) is 11.7. The van der Waals surface area contributed by atoms with E-state index in [2.05, 4.69) is 24.1 Å². The highest BCUT2D eigenvalue weighted by Gasteiger charge is 2.25. The Kier molecular flexibility index (Phi) is 4.16. The first-order valence-corrected chi connectivity index (χ1v) is 6.75. The number of carbonyl (C=O) groups excluding carboxylic acids is 1. The molecule has 1 aromatic heterocycles. The van der Waals surface area contributed by atoms with Gasteiger partial charge in [-0.25, -0.2) is 4.98 Å². The van der Waals surface area contributed by atoms with E-state index in [1.807, 2.05) is 6.07 Å². The Bertz CT molecular complexity index is 479. The Morgan fingerprint density at radius 2 is 2.00 bits per heavy atom. The fourth-order valence-corrected chi connectivity index (χ4v) is 2.92. The molecule has 1 amide bonds. The van der Waals surface area contributed by atoms with Crippen LogP contribution in [0.4, 0.5) is 0 Å². The first kappa shape index (κ1) is 13.5. The van der Waals surface area contributed by atoms with E-state index >= 15 is 0 Å². The Morgan fingerprint density at radius 3 is 2.53 bits per heavy atom. The van der Waals surface area contributed by atoms with Crippen molar-refractivity contribution in [2.75, 3.05) is 0 Å². The normalized spacial score (nSPS) is 26.5. The maximum atomic E-state index is 12.1. The van der Waals surface area contributed by atoms with Crippen molar-refractivity contribution in [2.45, 2.75) is 39.2 Å². The van der Waals surface area contributed by atoms with Gasteiger partial charge in [-0.05, 0) is 43.2 Å². The molecular formula is C15H19N3O. The first-order chi connectivity index (χ1) is 9.08. The molecule has 1 aliphatic rings. The van der Waals surface area contributed by atoms with Gasteiger partial charge in [-0.3, -0.25) is 4.79 Å². The van der Waals surface area contributed by atoms with Gasteiger partial charge >= 0.3 is 0 Å². The van der Waals surface area contributed by atoms with Crippen LogP contribution in [-0.2, 0) is 0 Å². The molecular weight excluding hydrogens is 238 g/mol. The standard InChI is InChI=1S/C15H19N3O/c1-10-5-11(2)7-13(6-10)18-15(19)14-4-3-12(8-16)9-17-14/h3-4,9-11,13H,5-7H2,1-2H3,(H,18,19). The molecule has 1 aromatic rings. The summed E-state index contributed by atoms with van der Waals surface area (Å²) < 4.78 is 0. The number of hydrogen-bond donors (Lipinski definition) is 1. The van der Waals surface area contributed by atoms with Crippen molar-refractivity contribution < 1.29 is 4.79 Å². The molecule has 0 bridgehead atoms. The van der Waals surface area contributed by atoms with Crippen molar-refractivity contribution in [2.24, 2.45) is 11.8 Å². The Balaban J connectivity index is 1.98. The lowest BCUT2D eigenvalue weighted by Gasteiger charge is -2.31. The van der Waals surface area contributed by atoms with Gasteiger partial charge in [0.2, 0.25) is 0 Å². The topological polar surface area (TPSA) is 65.8 Å². The van der Waals surface area contributed by atoms with Crippen molar-refractivity contribution >= 4 is 5.91 Å². The lowest BCUT2D eigenvalue weighted by Crippen LogP contribution is -2.40. The largest absolute Gasteiger partial charge is 0.348 e. The Hall–Kier alpha value is -1.89. The van der Waals surface area contributed by atoms with Gasteiger partial charge in [0.15, 0.2) is 0 Å². The quantitative estimate of drug-likeness (QED) is 0.885. The molecule has 1 N–H and O–H groups in total. The van der Waals surface area contributed by atoms with E-state index in [4.69, 9.17) is 5.26 Å². The van der Waals surface area contributed by atoms with Crippen LogP contribution in [0.5, 0.6) is 0 Å². The second-order valence-corrected chi connectivity index (χ2v) is 5.63. The fourth-order valence-electron chi connectivity index (χ4n) is 2.92. The molecule has 1 heterocycles. The zero-order chi connectivity index (χ0) is 13.8. The minimum absolute atomic E-state index is 0.143. The summed E-state index contributed by atoms with van der Waals surface area (Å²) in [5.74, 6) is 1.17. The maximum Gasteiger partial charge on any atom is 0.270 e. The molecule has 4 nitrogen and oxygen atoms in total. The van der Waals surface area contributed by atoms with Gasteiger partial charge in [-0.1, -0.05) is 13.8 Å². The Morgan fingerprint density at radius 1 is 1.32 bits per heavy atom. The van der Waals surface area contributed by atoms with Gasteiger partial charge in [-0.2, -0.15) is 5.26 Å². The summed E-state index contributed by atoms with van der Waals surface area (Å²) in [6.07, 6.45) is 4.74. The van der Waals surface area contributed by atoms with E-state index in [1.54, 1.807) is 12.1 Å². The predicted octanol–water partition coefficient (Wildman–Crippen LogP) is 2.51. The van der Waals surface area contributed by atoms with Crippen LogP contribution in [0.25, 0.3) is 0 Å². The minimum Gasteiger partial charge on any atom is -0.348 e. The van der Waals surface area contributed by atoms with Crippen LogP contribution in [0.2, 0.25) is 0 Å². The lowest BCUT2D eigenvalue weighted by molar-refractivity contribution is 0.0906. The van der Waals surface area contributed by atoms with Gasteiger partial charge in [0.1, 0.15) is 11.8 Å². The van der Waals surface area contributed by atoms with Crippen LogP contribution in [0, 0.1) is 23.2 Å². The van der Waals surface area contributed by atoms with Crippen molar-refractivity contribution in [3.05, 3.63) is 29.6 Å². The number of nitrogens with one attached hydrogen (secondary N) is 1.